The minimum absolute atomic E-state index is 0.184. The number of aromatic nitrogens is 2. The largest absolute Gasteiger partial charge is 0.345 e. The van der Waals surface area contributed by atoms with Gasteiger partial charge in [0.15, 0.2) is 8.07 Å². The van der Waals surface area contributed by atoms with Crippen LogP contribution in [0.4, 0.5) is 0 Å². The van der Waals surface area contributed by atoms with Crippen LogP contribution in [0.25, 0.3) is 0 Å². The van der Waals surface area contributed by atoms with Crippen LogP contribution in [0.5, 0.6) is 0 Å². The van der Waals surface area contributed by atoms with Gasteiger partial charge in [-0.15, -0.1) is 0 Å². The Kier molecular flexibility index (Phi) is 8.24. The molecule has 200 valence electrons. The molecular formula is C35H29BCl2N2Si. The molecule has 6 heteroatoms. The summed E-state index contributed by atoms with van der Waals surface area (Å²) < 4.78 is 2.36. The molecule has 0 atom stereocenters. The van der Waals surface area contributed by atoms with E-state index in [4.69, 9.17) is 28.2 Å². The maximum atomic E-state index is 6.65. The van der Waals surface area contributed by atoms with E-state index in [1.165, 1.54) is 26.7 Å². The van der Waals surface area contributed by atoms with Gasteiger partial charge in [-0.3, -0.25) is 4.98 Å². The van der Waals surface area contributed by atoms with Crippen molar-refractivity contribution in [3.63, 3.8) is 0 Å². The topological polar surface area (TPSA) is 17.8 Å². The molecule has 2 nitrogen and oxygen atoms in total. The number of rotatable bonds is 9. The lowest BCUT2D eigenvalue weighted by molar-refractivity contribution is 0.889. The summed E-state index contributed by atoms with van der Waals surface area (Å²) in [5.74, 6) is 0.184. The molecule has 1 aromatic heterocycles. The number of hydrogen-bond donors (Lipinski definition) is 0. The van der Waals surface area contributed by atoms with Crippen LogP contribution in [0, 0.1) is 0 Å². The Morgan fingerprint density at radius 1 is 0.610 bits per heavy atom. The first-order valence-electron chi connectivity index (χ1n) is 13.8. The van der Waals surface area contributed by atoms with Crippen LogP contribution >= 0.6 is 23.2 Å². The van der Waals surface area contributed by atoms with Gasteiger partial charge in [0.2, 0.25) is 7.28 Å². The summed E-state index contributed by atoms with van der Waals surface area (Å²) in [6.07, 6.45) is 4.83. The van der Waals surface area contributed by atoms with E-state index in [9.17, 15) is 0 Å². The van der Waals surface area contributed by atoms with E-state index in [0.29, 0.717) is 0 Å². The van der Waals surface area contributed by atoms with E-state index in [0.717, 1.165) is 29.2 Å². The van der Waals surface area contributed by atoms with Crippen molar-refractivity contribution >= 4 is 59.8 Å². The average Bonchev–Trinajstić information content (AvgIpc) is 3.46. The van der Waals surface area contributed by atoms with Crippen molar-refractivity contribution in [2.24, 2.45) is 0 Å². The highest BCUT2D eigenvalue weighted by Crippen LogP contribution is 2.23. The van der Waals surface area contributed by atoms with Gasteiger partial charge in [0.1, 0.15) is 0 Å². The maximum absolute atomic E-state index is 6.65. The predicted octanol–water partition coefficient (Wildman–Crippen LogP) is 5.75. The van der Waals surface area contributed by atoms with Gasteiger partial charge in [0.05, 0.1) is 5.72 Å². The van der Waals surface area contributed by atoms with Crippen LogP contribution in [-0.4, -0.2) is 24.9 Å². The summed E-state index contributed by atoms with van der Waals surface area (Å²) in [5, 5.41) is 5.24. The molecule has 0 fully saturated rings. The molecule has 0 spiro atoms. The van der Waals surface area contributed by atoms with Crippen molar-refractivity contribution in [2.75, 3.05) is 0 Å². The zero-order valence-corrected chi connectivity index (χ0v) is 25.1. The fraction of sp³-hybridized carbons (Fsp3) is 0.0571. The zero-order valence-electron chi connectivity index (χ0n) is 22.6. The molecule has 0 aliphatic heterocycles. The van der Waals surface area contributed by atoms with Crippen LogP contribution in [-0.2, 0) is 6.17 Å². The summed E-state index contributed by atoms with van der Waals surface area (Å²) in [7, 11) is -1.89. The first kappa shape index (κ1) is 27.3. The van der Waals surface area contributed by atoms with E-state index in [1.54, 1.807) is 0 Å². The molecule has 0 saturated carbocycles. The van der Waals surface area contributed by atoms with Crippen molar-refractivity contribution in [2.45, 2.75) is 12.0 Å². The van der Waals surface area contributed by atoms with E-state index >= 15 is 0 Å². The SMILES string of the molecule is Clc1cccc([Si](Cn2ccnc2BC(c2ccccc2)c2ccccc2)(c2ccccc2)c2cccc(Cl)c2)c1. The third-order valence-electron chi connectivity index (χ3n) is 7.90. The normalized spacial score (nSPS) is 11.5. The van der Waals surface area contributed by atoms with Gasteiger partial charge in [-0.2, -0.15) is 0 Å². The molecule has 0 aliphatic carbocycles. The molecule has 6 rings (SSSR count). The summed E-state index contributed by atoms with van der Waals surface area (Å²) in [5.41, 5.74) is 3.62. The summed E-state index contributed by atoms with van der Waals surface area (Å²) in [6.45, 7) is 0. The third-order valence-corrected chi connectivity index (χ3v) is 13.1. The fourth-order valence-corrected chi connectivity index (χ4v) is 11.2. The van der Waals surface area contributed by atoms with Gasteiger partial charge in [-0.1, -0.05) is 138 Å². The van der Waals surface area contributed by atoms with Gasteiger partial charge >= 0.3 is 0 Å². The molecule has 0 N–H and O–H groups in total. The van der Waals surface area contributed by atoms with Crippen LogP contribution in [0.1, 0.15) is 16.9 Å². The first-order valence-corrected chi connectivity index (χ1v) is 16.8. The highest BCUT2D eigenvalue weighted by molar-refractivity contribution is 7.10. The van der Waals surface area contributed by atoms with Gasteiger partial charge in [-0.25, -0.2) is 0 Å². The van der Waals surface area contributed by atoms with Crippen molar-refractivity contribution < 1.29 is 0 Å². The molecular weight excluding hydrogens is 558 g/mol. The highest BCUT2D eigenvalue weighted by Gasteiger charge is 2.41. The van der Waals surface area contributed by atoms with E-state index < -0.39 is 8.07 Å². The van der Waals surface area contributed by atoms with Crippen LogP contribution in [0.3, 0.4) is 0 Å². The van der Waals surface area contributed by atoms with Crippen LogP contribution in [0.15, 0.2) is 152 Å². The number of halogens is 2. The smallest absolute Gasteiger partial charge is 0.217 e. The molecule has 0 radical (unpaired) electrons. The second-order valence-corrected chi connectivity index (χ2v) is 15.1. The van der Waals surface area contributed by atoms with E-state index in [1.807, 2.05) is 18.3 Å². The molecule has 5 aromatic carbocycles. The van der Waals surface area contributed by atoms with Crippen molar-refractivity contribution in [3.05, 3.63) is 173 Å². The van der Waals surface area contributed by atoms with Crippen LogP contribution in [0.2, 0.25) is 10.0 Å². The second kappa shape index (κ2) is 12.4. The summed E-state index contributed by atoms with van der Waals surface area (Å²) >= 11 is 13.3. The minimum Gasteiger partial charge on any atom is -0.345 e. The Labute approximate surface area is 253 Å². The lowest BCUT2D eigenvalue weighted by Crippen LogP contribution is -2.70. The minimum atomic E-state index is -2.68. The molecule has 0 unspecified atom stereocenters. The monoisotopic (exact) mass is 586 g/mol. The Morgan fingerprint density at radius 3 is 1.61 bits per heavy atom. The molecule has 41 heavy (non-hydrogen) atoms. The Morgan fingerprint density at radius 2 is 1.10 bits per heavy atom. The van der Waals surface area contributed by atoms with Crippen LogP contribution < -0.4 is 21.3 Å². The number of nitrogens with zero attached hydrogens (tertiary/aromatic N) is 2. The zero-order chi connectivity index (χ0) is 28.1. The molecule has 0 saturated heterocycles. The molecule has 0 bridgehead atoms. The van der Waals surface area contributed by atoms with E-state index in [2.05, 4.69) is 138 Å². The lowest BCUT2D eigenvalue weighted by Gasteiger charge is -2.35. The summed E-state index contributed by atoms with van der Waals surface area (Å²) in [6, 6.07) is 49.0. The lowest BCUT2D eigenvalue weighted by atomic mass is 9.58. The van der Waals surface area contributed by atoms with Crippen molar-refractivity contribution in [1.29, 1.82) is 0 Å². The third kappa shape index (κ3) is 5.82. The Bertz CT molecular complexity index is 1640. The number of hydrogen-bond acceptors (Lipinski definition) is 1. The van der Waals surface area contributed by atoms with Crippen molar-refractivity contribution in [3.8, 4) is 0 Å². The predicted molar refractivity (Wildman–Crippen MR) is 178 cm³/mol. The standard InChI is InChI=1S/C35H29BCl2N2Si/c37-29-16-10-20-32(24-29)41(31-18-8-3-9-19-31,33-21-11-17-30(38)25-33)26-40-23-22-39-35(40)36-34(27-12-4-1-5-13-27)28-14-6-2-7-15-28/h1-25,34,36H,26H2. The Balaban J connectivity index is 1.50. The van der Waals surface area contributed by atoms with Gasteiger partial charge in [-0.05, 0) is 56.8 Å². The van der Waals surface area contributed by atoms with Gasteiger partial charge in [0.25, 0.3) is 0 Å². The fourth-order valence-electron chi connectivity index (χ4n) is 5.92. The molecule has 0 amide bonds. The molecule has 0 aliphatic rings. The Hall–Kier alpha value is -3.83. The highest BCUT2D eigenvalue weighted by atomic mass is 35.5. The quantitative estimate of drug-likeness (QED) is 0.156. The van der Waals surface area contributed by atoms with Crippen molar-refractivity contribution in [1.82, 2.24) is 9.55 Å². The number of imidazole rings is 1. The van der Waals surface area contributed by atoms with Gasteiger partial charge in [0, 0.05) is 28.6 Å². The van der Waals surface area contributed by atoms with E-state index in [-0.39, 0.29) is 5.82 Å². The van der Waals surface area contributed by atoms with Gasteiger partial charge < -0.3 is 4.57 Å². The first-order chi connectivity index (χ1) is 20.1. The maximum Gasteiger partial charge on any atom is 0.217 e. The average molecular weight is 587 g/mol. The molecule has 6 aromatic rings. The summed E-state index contributed by atoms with van der Waals surface area (Å²) in [4.78, 5) is 4.94. The number of benzene rings is 5. The molecule has 1 heterocycles. The second-order valence-electron chi connectivity index (χ2n) is 10.3.